The highest BCUT2D eigenvalue weighted by Gasteiger charge is 2.54. The van der Waals surface area contributed by atoms with Crippen molar-refractivity contribution in [2.75, 3.05) is 51.2 Å². The molecule has 3 atom stereocenters. The van der Waals surface area contributed by atoms with Gasteiger partial charge in [0.15, 0.2) is 0 Å². The number of rotatable bonds is 8. The highest BCUT2D eigenvalue weighted by molar-refractivity contribution is 7.91. The number of hydrogen-bond acceptors (Lipinski definition) is 8. The number of carbonyl (C=O) groups excluding carboxylic acids is 1. The Morgan fingerprint density at radius 2 is 1.72 bits per heavy atom. The fourth-order valence-electron chi connectivity index (χ4n) is 9.38. The topological polar surface area (TPSA) is 83.0 Å². The van der Waals surface area contributed by atoms with Crippen LogP contribution in [0, 0.1) is 24.7 Å². The van der Waals surface area contributed by atoms with Crippen molar-refractivity contribution in [3.63, 3.8) is 0 Å². The van der Waals surface area contributed by atoms with Gasteiger partial charge in [0, 0.05) is 74.5 Å². The van der Waals surface area contributed by atoms with Gasteiger partial charge in [-0.05, 0) is 113 Å². The summed E-state index contributed by atoms with van der Waals surface area (Å²) in [6.07, 6.45) is 7.08. The zero-order chi connectivity index (χ0) is 32.8. The quantitative estimate of drug-likeness (QED) is 0.295. The van der Waals surface area contributed by atoms with Gasteiger partial charge in [0.25, 0.3) is 0 Å². The molecule has 7 rings (SSSR count). The van der Waals surface area contributed by atoms with Gasteiger partial charge in [-0.2, -0.15) is 0 Å². The second-order valence-electron chi connectivity index (χ2n) is 14.5. The lowest BCUT2D eigenvalue weighted by atomic mass is 9.56. The van der Waals surface area contributed by atoms with Gasteiger partial charge in [-0.15, -0.1) is 0 Å². The number of esters is 1. The van der Waals surface area contributed by atoms with Crippen LogP contribution in [0.1, 0.15) is 55.8 Å². The monoisotopic (exact) mass is 656 g/mol. The first-order valence-corrected chi connectivity index (χ1v) is 18.8. The molecule has 3 aliphatic heterocycles. The molecule has 3 aromatic rings. The third kappa shape index (κ3) is 6.22. The zero-order valence-electron chi connectivity index (χ0n) is 28.0. The van der Waals surface area contributed by atoms with Gasteiger partial charge >= 0.3 is 5.97 Å². The molecule has 0 spiro atoms. The van der Waals surface area contributed by atoms with Crippen LogP contribution in [0.25, 0.3) is 0 Å². The first kappa shape index (κ1) is 32.3. The van der Waals surface area contributed by atoms with Gasteiger partial charge in [0.05, 0.1) is 9.79 Å². The summed E-state index contributed by atoms with van der Waals surface area (Å²) in [5.74, 6) is 1.35. The fraction of sp³-hybridized carbons (Fsp3) is 0.526. The van der Waals surface area contributed by atoms with E-state index >= 15 is 0 Å². The predicted molar refractivity (Wildman–Crippen MR) is 183 cm³/mol. The highest BCUT2D eigenvalue weighted by atomic mass is 32.2. The summed E-state index contributed by atoms with van der Waals surface area (Å²) in [5, 5.41) is 0. The van der Waals surface area contributed by atoms with Crippen LogP contribution in [-0.4, -0.2) is 81.6 Å². The molecular formula is C38H48N4O4S. The van der Waals surface area contributed by atoms with Crippen LogP contribution < -0.4 is 4.90 Å². The molecule has 0 bridgehead atoms. The van der Waals surface area contributed by atoms with Crippen LogP contribution >= 0.6 is 0 Å². The third-order valence-corrected chi connectivity index (χ3v) is 13.2. The molecule has 8 nitrogen and oxygen atoms in total. The summed E-state index contributed by atoms with van der Waals surface area (Å²) < 4.78 is 32.2. The van der Waals surface area contributed by atoms with Crippen LogP contribution in [0.2, 0.25) is 0 Å². The van der Waals surface area contributed by atoms with E-state index in [9.17, 15) is 13.2 Å². The number of benzene rings is 2. The van der Waals surface area contributed by atoms with Crippen molar-refractivity contribution in [2.45, 2.75) is 73.8 Å². The Morgan fingerprint density at radius 3 is 2.45 bits per heavy atom. The number of aryl methyl sites for hydroxylation is 1. The van der Waals surface area contributed by atoms with Crippen molar-refractivity contribution in [1.82, 2.24) is 14.8 Å². The molecule has 1 aliphatic carbocycles. The summed E-state index contributed by atoms with van der Waals surface area (Å²) in [5.41, 5.74) is 4.70. The van der Waals surface area contributed by atoms with Crippen molar-refractivity contribution in [3.8, 4) is 0 Å². The number of nitrogens with zero attached hydrogens (tertiary/aromatic N) is 4. The number of carbonyl (C=O) groups is 1. The number of hydrogen-bond donors (Lipinski definition) is 0. The molecule has 4 aliphatic rings. The molecule has 1 aromatic heterocycles. The summed E-state index contributed by atoms with van der Waals surface area (Å²) in [4.78, 5) is 24.4. The lowest BCUT2D eigenvalue weighted by molar-refractivity contribution is -0.150. The minimum absolute atomic E-state index is 0.0000507. The Balaban J connectivity index is 0.991. The van der Waals surface area contributed by atoms with Gasteiger partial charge in [-0.3, -0.25) is 9.78 Å². The number of ether oxygens (including phenoxy) is 1. The molecule has 9 heteroatoms. The maximum absolute atomic E-state index is 13.1. The van der Waals surface area contributed by atoms with Gasteiger partial charge in [-0.1, -0.05) is 24.3 Å². The predicted octanol–water partition coefficient (Wildman–Crippen LogP) is 5.49. The number of piperidine rings is 1. The number of likely N-dealkylation sites (tertiary alicyclic amines) is 1. The molecule has 1 unspecified atom stereocenters. The molecule has 2 aromatic carbocycles. The second kappa shape index (κ2) is 13.0. The normalized spacial score (nSPS) is 26.1. The Bertz CT molecular complexity index is 1700. The van der Waals surface area contributed by atoms with Crippen molar-refractivity contribution in [2.24, 2.45) is 17.8 Å². The Morgan fingerprint density at radius 1 is 0.979 bits per heavy atom. The van der Waals surface area contributed by atoms with Gasteiger partial charge < -0.3 is 19.4 Å². The van der Waals surface area contributed by atoms with Crippen LogP contribution in [0.15, 0.2) is 76.7 Å². The number of fused-ring (bicyclic) bond motifs is 1. The SMILES string of the molecule is CC(=O)O[C@@H]1CCC[C@H]1C1(C2CCN(CC3CN(c4ccc(S(=O)(=O)c5ccnc(C)c5)cc4)C3)CC2)CN(C)Cc2ccccc21. The summed E-state index contributed by atoms with van der Waals surface area (Å²) in [6, 6.07) is 19.6. The van der Waals surface area contributed by atoms with E-state index in [4.69, 9.17) is 4.74 Å². The van der Waals surface area contributed by atoms with Crippen molar-refractivity contribution in [3.05, 3.63) is 83.7 Å². The first-order valence-electron chi connectivity index (χ1n) is 17.3. The Kier molecular flexibility index (Phi) is 8.91. The van der Waals surface area contributed by atoms with Crippen LogP contribution in [0.3, 0.4) is 0 Å². The van der Waals surface area contributed by atoms with E-state index in [0.717, 1.165) is 83.6 Å². The van der Waals surface area contributed by atoms with Crippen molar-refractivity contribution in [1.29, 1.82) is 0 Å². The van der Waals surface area contributed by atoms with E-state index in [2.05, 4.69) is 51.0 Å². The molecule has 0 radical (unpaired) electrons. The molecule has 0 amide bonds. The molecular weight excluding hydrogens is 609 g/mol. The van der Waals surface area contributed by atoms with E-state index in [0.29, 0.717) is 28.3 Å². The standard InChI is InChI=1S/C38H48N4O4S/c1-27-21-34(15-18-39-27)47(44,45)33-13-11-32(12-14-33)42-23-29(24-42)22-41-19-16-31(17-20-41)38(36-9-6-10-37(36)46-28(2)43)26-40(3)25-30-7-4-5-8-35(30)38/h4-5,7-8,11-15,18,21,29,31,36-37H,6,9-10,16-17,19-20,22-26H2,1-3H3/t36-,37-,38?/m1/s1. The van der Waals surface area contributed by atoms with Crippen molar-refractivity contribution >= 4 is 21.5 Å². The smallest absolute Gasteiger partial charge is 0.302 e. The highest BCUT2D eigenvalue weighted by Crippen LogP contribution is 2.54. The van der Waals surface area contributed by atoms with Crippen LogP contribution in [0.4, 0.5) is 5.69 Å². The van der Waals surface area contributed by atoms with Gasteiger partial charge in [0.1, 0.15) is 6.10 Å². The third-order valence-electron chi connectivity index (χ3n) is 11.4. The zero-order valence-corrected chi connectivity index (χ0v) is 28.8. The maximum Gasteiger partial charge on any atom is 0.302 e. The lowest BCUT2D eigenvalue weighted by Crippen LogP contribution is -2.58. The lowest BCUT2D eigenvalue weighted by Gasteiger charge is -2.54. The molecule has 1 saturated carbocycles. The average Bonchev–Trinajstić information content (AvgIpc) is 3.50. The molecule has 250 valence electrons. The summed E-state index contributed by atoms with van der Waals surface area (Å²) in [7, 11) is -1.31. The van der Waals surface area contributed by atoms with E-state index in [-0.39, 0.29) is 22.4 Å². The fourth-order valence-corrected chi connectivity index (χ4v) is 10.7. The number of likely N-dealkylation sites (N-methyl/N-ethyl adjacent to an activating group) is 1. The minimum atomic E-state index is -3.56. The average molecular weight is 657 g/mol. The Labute approximate surface area is 280 Å². The first-order chi connectivity index (χ1) is 22.6. The van der Waals surface area contributed by atoms with Crippen molar-refractivity contribution < 1.29 is 17.9 Å². The van der Waals surface area contributed by atoms with E-state index in [1.54, 1.807) is 44.3 Å². The number of sulfone groups is 1. The molecule has 0 N–H and O–H groups in total. The van der Waals surface area contributed by atoms with Crippen LogP contribution in [0.5, 0.6) is 0 Å². The van der Waals surface area contributed by atoms with Gasteiger partial charge in [-0.25, -0.2) is 8.42 Å². The largest absolute Gasteiger partial charge is 0.462 e. The van der Waals surface area contributed by atoms with Crippen LogP contribution in [-0.2, 0) is 31.3 Å². The number of aromatic nitrogens is 1. The maximum atomic E-state index is 13.1. The molecule has 47 heavy (non-hydrogen) atoms. The second-order valence-corrected chi connectivity index (χ2v) is 16.5. The molecule has 2 saturated heterocycles. The molecule has 3 fully saturated rings. The summed E-state index contributed by atoms with van der Waals surface area (Å²) in [6.45, 7) is 10.6. The minimum Gasteiger partial charge on any atom is -0.462 e. The number of anilines is 1. The van der Waals surface area contributed by atoms with E-state index in [1.807, 2.05) is 12.1 Å². The molecule has 4 heterocycles. The van der Waals surface area contributed by atoms with Gasteiger partial charge in [0.2, 0.25) is 9.84 Å². The Hall–Kier alpha value is -3.27. The van der Waals surface area contributed by atoms with E-state index in [1.165, 1.54) is 11.1 Å². The number of pyridine rings is 1. The van der Waals surface area contributed by atoms with E-state index < -0.39 is 9.84 Å². The summed E-state index contributed by atoms with van der Waals surface area (Å²) >= 11 is 0.